The van der Waals surface area contributed by atoms with Gasteiger partial charge in [-0.05, 0) is 24.3 Å². The molecule has 1 atom stereocenters. The molecule has 0 saturated carbocycles. The summed E-state index contributed by atoms with van der Waals surface area (Å²) in [4.78, 5) is 10.6. The smallest absolute Gasteiger partial charge is 0.255 e. The standard InChI is InChI=1S/C8H9NO4S/c9-8(10)5-13-6-1-3-7(4-2-6)14(11)12/h1-4H,5H2,(H2,9,10)(H,11,12). The molecule has 0 radical (unpaired) electrons. The van der Waals surface area contributed by atoms with E-state index < -0.39 is 17.0 Å². The lowest BCUT2D eigenvalue weighted by molar-refractivity contribution is -0.119. The molecule has 0 aliphatic rings. The zero-order chi connectivity index (χ0) is 10.6. The lowest BCUT2D eigenvalue weighted by Crippen LogP contribution is -2.19. The summed E-state index contributed by atoms with van der Waals surface area (Å²) in [6.07, 6.45) is 0. The molecule has 14 heavy (non-hydrogen) atoms. The Labute approximate surface area is 83.2 Å². The highest BCUT2D eigenvalue weighted by Crippen LogP contribution is 2.13. The first-order chi connectivity index (χ1) is 6.59. The highest BCUT2D eigenvalue weighted by molar-refractivity contribution is 7.79. The molecule has 0 aromatic heterocycles. The van der Waals surface area contributed by atoms with Crippen LogP contribution in [0.4, 0.5) is 0 Å². The quantitative estimate of drug-likeness (QED) is 0.698. The summed E-state index contributed by atoms with van der Waals surface area (Å²) >= 11 is -2.00. The van der Waals surface area contributed by atoms with Gasteiger partial charge in [0.2, 0.25) is 0 Å². The van der Waals surface area contributed by atoms with Crippen molar-refractivity contribution in [1.82, 2.24) is 0 Å². The van der Waals surface area contributed by atoms with Crippen LogP contribution in [-0.2, 0) is 15.9 Å². The third-order valence-corrected chi connectivity index (χ3v) is 2.08. The van der Waals surface area contributed by atoms with Gasteiger partial charge in [0.05, 0.1) is 4.90 Å². The summed E-state index contributed by atoms with van der Waals surface area (Å²) in [5.41, 5.74) is 4.87. The molecule has 0 heterocycles. The van der Waals surface area contributed by atoms with E-state index in [0.717, 1.165) is 0 Å². The van der Waals surface area contributed by atoms with Gasteiger partial charge < -0.3 is 15.0 Å². The fourth-order valence-corrected chi connectivity index (χ4v) is 1.18. The van der Waals surface area contributed by atoms with Crippen LogP contribution in [0, 0.1) is 0 Å². The first-order valence-corrected chi connectivity index (χ1v) is 4.82. The molecule has 0 aliphatic heterocycles. The van der Waals surface area contributed by atoms with Crippen molar-refractivity contribution >= 4 is 17.0 Å². The molecule has 0 spiro atoms. The first-order valence-electron chi connectivity index (χ1n) is 3.71. The van der Waals surface area contributed by atoms with Crippen LogP contribution < -0.4 is 10.5 Å². The number of ether oxygens (including phenoxy) is 1. The topological polar surface area (TPSA) is 89.6 Å². The van der Waals surface area contributed by atoms with E-state index in [4.69, 9.17) is 15.0 Å². The van der Waals surface area contributed by atoms with Crippen LogP contribution in [0.25, 0.3) is 0 Å². The van der Waals surface area contributed by atoms with Crippen molar-refractivity contribution in [2.45, 2.75) is 4.90 Å². The molecule has 1 aromatic rings. The van der Waals surface area contributed by atoms with E-state index in [1.165, 1.54) is 24.3 Å². The van der Waals surface area contributed by atoms with Crippen LogP contribution >= 0.6 is 0 Å². The fourth-order valence-electron chi connectivity index (χ4n) is 0.807. The number of benzene rings is 1. The van der Waals surface area contributed by atoms with Gasteiger partial charge in [-0.25, -0.2) is 4.21 Å². The van der Waals surface area contributed by atoms with Gasteiger partial charge in [0.15, 0.2) is 17.7 Å². The normalized spacial score (nSPS) is 12.1. The zero-order valence-electron chi connectivity index (χ0n) is 7.17. The monoisotopic (exact) mass is 215 g/mol. The van der Waals surface area contributed by atoms with Gasteiger partial charge in [-0.15, -0.1) is 0 Å². The molecule has 0 bridgehead atoms. The minimum Gasteiger partial charge on any atom is -0.484 e. The second-order valence-electron chi connectivity index (χ2n) is 2.48. The number of primary amides is 1. The molecule has 1 rings (SSSR count). The van der Waals surface area contributed by atoms with E-state index in [1.54, 1.807) is 0 Å². The largest absolute Gasteiger partial charge is 0.484 e. The highest BCUT2D eigenvalue weighted by atomic mass is 32.2. The molecule has 76 valence electrons. The van der Waals surface area contributed by atoms with Crippen LogP contribution in [0.2, 0.25) is 0 Å². The molecular formula is C8H9NO4S. The van der Waals surface area contributed by atoms with Gasteiger partial charge in [0.1, 0.15) is 5.75 Å². The Kier molecular flexibility index (Phi) is 3.61. The highest BCUT2D eigenvalue weighted by Gasteiger charge is 2.00. The minimum atomic E-state index is -2.00. The maximum Gasteiger partial charge on any atom is 0.255 e. The molecule has 1 amide bonds. The van der Waals surface area contributed by atoms with Gasteiger partial charge >= 0.3 is 0 Å². The average Bonchev–Trinajstić information content (AvgIpc) is 2.15. The van der Waals surface area contributed by atoms with Crippen molar-refractivity contribution in [1.29, 1.82) is 0 Å². The van der Waals surface area contributed by atoms with Gasteiger partial charge in [-0.3, -0.25) is 4.79 Å². The maximum absolute atomic E-state index is 10.6. The summed E-state index contributed by atoms with van der Waals surface area (Å²) in [6.45, 7) is -0.207. The predicted octanol–water partition coefficient (Wildman–Crippen LogP) is 0.131. The SMILES string of the molecule is NC(=O)COc1ccc(S(=O)O)cc1. The number of amides is 1. The van der Waals surface area contributed by atoms with E-state index >= 15 is 0 Å². The fraction of sp³-hybridized carbons (Fsp3) is 0.125. The van der Waals surface area contributed by atoms with Crippen molar-refractivity contribution in [3.8, 4) is 5.75 Å². The Balaban J connectivity index is 2.64. The number of carbonyl (C=O) groups is 1. The molecule has 5 nitrogen and oxygen atoms in total. The second kappa shape index (κ2) is 4.73. The summed E-state index contributed by atoms with van der Waals surface area (Å²) in [6, 6.07) is 5.86. The number of nitrogens with two attached hydrogens (primary N) is 1. The van der Waals surface area contributed by atoms with Crippen LogP contribution in [0.15, 0.2) is 29.2 Å². The van der Waals surface area contributed by atoms with Crippen molar-refractivity contribution in [3.05, 3.63) is 24.3 Å². The van der Waals surface area contributed by atoms with Gasteiger partial charge in [0, 0.05) is 0 Å². The van der Waals surface area contributed by atoms with Crippen molar-refractivity contribution in [2.24, 2.45) is 5.73 Å². The number of hydrogen-bond donors (Lipinski definition) is 2. The van der Waals surface area contributed by atoms with Crippen molar-refractivity contribution < 1.29 is 18.3 Å². The second-order valence-corrected chi connectivity index (χ2v) is 3.45. The molecule has 6 heteroatoms. The molecular weight excluding hydrogens is 206 g/mol. The third-order valence-electron chi connectivity index (χ3n) is 1.41. The van der Waals surface area contributed by atoms with Crippen molar-refractivity contribution in [2.75, 3.05) is 6.61 Å². The Morgan fingerprint density at radius 1 is 1.43 bits per heavy atom. The van der Waals surface area contributed by atoms with E-state index in [1.807, 2.05) is 0 Å². The zero-order valence-corrected chi connectivity index (χ0v) is 7.99. The predicted molar refractivity (Wildman–Crippen MR) is 50.2 cm³/mol. The van der Waals surface area contributed by atoms with Gasteiger partial charge in [-0.2, -0.15) is 0 Å². The van der Waals surface area contributed by atoms with Crippen LogP contribution in [0.3, 0.4) is 0 Å². The molecule has 3 N–H and O–H groups in total. The Morgan fingerprint density at radius 3 is 2.43 bits per heavy atom. The average molecular weight is 215 g/mol. The Hall–Kier alpha value is -1.40. The van der Waals surface area contributed by atoms with Gasteiger partial charge in [-0.1, -0.05) is 0 Å². The van der Waals surface area contributed by atoms with E-state index in [9.17, 15) is 9.00 Å². The summed E-state index contributed by atoms with van der Waals surface area (Å²) in [7, 11) is 0. The number of carbonyl (C=O) groups excluding carboxylic acids is 1. The van der Waals surface area contributed by atoms with Gasteiger partial charge in [0.25, 0.3) is 5.91 Å². The van der Waals surface area contributed by atoms with Crippen molar-refractivity contribution in [3.63, 3.8) is 0 Å². The lowest BCUT2D eigenvalue weighted by Gasteiger charge is -2.03. The summed E-state index contributed by atoms with van der Waals surface area (Å²) in [5.74, 6) is -0.141. The maximum atomic E-state index is 10.6. The molecule has 0 aliphatic carbocycles. The van der Waals surface area contributed by atoms with E-state index in [2.05, 4.69) is 0 Å². The number of rotatable bonds is 4. The Morgan fingerprint density at radius 2 is 2.00 bits per heavy atom. The van der Waals surface area contributed by atoms with Crippen LogP contribution in [0.1, 0.15) is 0 Å². The van der Waals surface area contributed by atoms with E-state index in [-0.39, 0.29) is 11.5 Å². The van der Waals surface area contributed by atoms with E-state index in [0.29, 0.717) is 5.75 Å². The minimum absolute atomic E-state index is 0.207. The van der Waals surface area contributed by atoms with Crippen LogP contribution in [-0.4, -0.2) is 21.3 Å². The number of hydrogen-bond acceptors (Lipinski definition) is 3. The Bertz CT molecular complexity index is 349. The molecule has 1 aromatic carbocycles. The molecule has 0 saturated heterocycles. The van der Waals surface area contributed by atoms with Crippen LogP contribution in [0.5, 0.6) is 5.75 Å². The third kappa shape index (κ3) is 3.15. The molecule has 0 fully saturated rings. The summed E-state index contributed by atoms with van der Waals surface area (Å²) < 4.78 is 24.2. The molecule has 1 unspecified atom stereocenters. The summed E-state index contributed by atoms with van der Waals surface area (Å²) in [5, 5.41) is 0. The lowest BCUT2D eigenvalue weighted by atomic mass is 10.3. The first kappa shape index (κ1) is 10.7.